The number of nitrogens with one attached hydrogen (secondary N) is 2. The Morgan fingerprint density at radius 2 is 1.82 bits per heavy atom. The number of anilines is 4. The van der Waals surface area contributed by atoms with Crippen molar-refractivity contribution < 1.29 is 14.3 Å². The molecule has 0 saturated carbocycles. The highest BCUT2D eigenvalue weighted by Crippen LogP contribution is 2.28. The molecule has 10 heteroatoms. The van der Waals surface area contributed by atoms with Gasteiger partial charge in [-0.1, -0.05) is 12.1 Å². The summed E-state index contributed by atoms with van der Waals surface area (Å²) in [6.07, 6.45) is -0.651. The average Bonchev–Trinajstić information content (AvgIpc) is 3.13. The number of nitrogens with two attached hydrogens (primary N) is 1. The molecule has 1 aromatic heterocycles. The molecule has 0 spiro atoms. The number of nitrogens with zero attached hydrogens (tertiary/aromatic N) is 2. The second kappa shape index (κ2) is 8.54. The predicted molar refractivity (Wildman–Crippen MR) is 131 cm³/mol. The van der Waals surface area contributed by atoms with Gasteiger partial charge in [-0.3, -0.25) is 9.59 Å². The number of benzene rings is 2. The van der Waals surface area contributed by atoms with E-state index in [-0.39, 0.29) is 17.2 Å². The summed E-state index contributed by atoms with van der Waals surface area (Å²) in [6, 6.07) is 12.3. The molecule has 3 aromatic carbocycles. The monoisotopic (exact) mass is 463 g/mol. The van der Waals surface area contributed by atoms with Crippen LogP contribution in [0.2, 0.25) is 0 Å². The van der Waals surface area contributed by atoms with Crippen molar-refractivity contribution in [2.45, 2.75) is 32.9 Å². The van der Waals surface area contributed by atoms with Gasteiger partial charge in [-0.2, -0.15) is 4.68 Å². The summed E-state index contributed by atoms with van der Waals surface area (Å²) in [5, 5.41) is 10.6. The van der Waals surface area contributed by atoms with Crippen molar-refractivity contribution in [1.29, 1.82) is 0 Å². The lowest BCUT2D eigenvalue weighted by atomic mass is 10.1. The van der Waals surface area contributed by atoms with Crippen LogP contribution in [-0.4, -0.2) is 28.6 Å². The molecular weight excluding hydrogens is 438 g/mol. The van der Waals surface area contributed by atoms with E-state index in [2.05, 4.69) is 15.7 Å². The van der Waals surface area contributed by atoms with Crippen molar-refractivity contribution in [2.75, 3.05) is 23.5 Å². The van der Waals surface area contributed by atoms with Crippen LogP contribution in [-0.2, 0) is 11.3 Å². The van der Waals surface area contributed by atoms with Crippen molar-refractivity contribution >= 4 is 39.9 Å². The molecule has 4 N–H and O–H groups in total. The minimum Gasteiger partial charge on any atom is -0.497 e. The van der Waals surface area contributed by atoms with Gasteiger partial charge < -0.3 is 25.8 Å². The molecule has 0 atom stereocenters. The van der Waals surface area contributed by atoms with Gasteiger partial charge in [-0.25, -0.2) is 4.79 Å². The number of aromatic nitrogens is 2. The van der Waals surface area contributed by atoms with Gasteiger partial charge in [-0.15, -0.1) is 5.10 Å². The predicted octanol–water partition coefficient (Wildman–Crippen LogP) is 3.36. The number of rotatable bonds is 6. The number of fused-ring (bicyclic) bond motifs is 1. The molecule has 0 fully saturated rings. The van der Waals surface area contributed by atoms with Crippen molar-refractivity contribution in [2.24, 2.45) is 0 Å². The number of nitrogen functional groups attached to an aromatic ring is 1. The van der Waals surface area contributed by atoms with E-state index >= 15 is 0 Å². The third kappa shape index (κ3) is 4.42. The molecule has 4 aromatic rings. The Labute approximate surface area is 195 Å². The Bertz CT molecular complexity index is 1460. The number of carbonyl (C=O) groups is 1. The number of hydrogen-bond donors (Lipinski definition) is 3. The van der Waals surface area contributed by atoms with Gasteiger partial charge >= 0.3 is 6.09 Å². The van der Waals surface area contributed by atoms with Crippen LogP contribution in [0, 0.1) is 0 Å². The summed E-state index contributed by atoms with van der Waals surface area (Å²) in [5.74, 6) is 0.825. The summed E-state index contributed by atoms with van der Waals surface area (Å²) in [6.45, 7) is 5.61. The van der Waals surface area contributed by atoms with Gasteiger partial charge in [0, 0.05) is 17.6 Å². The fourth-order valence-electron chi connectivity index (χ4n) is 3.46. The Kier molecular flexibility index (Phi) is 5.74. The van der Waals surface area contributed by atoms with Crippen molar-refractivity contribution in [3.8, 4) is 5.75 Å². The lowest BCUT2D eigenvalue weighted by molar-refractivity contribution is 0.0523. The number of carbonyl (C=O) groups excluding carboxylic acids is 1. The van der Waals surface area contributed by atoms with E-state index in [4.69, 9.17) is 15.2 Å². The van der Waals surface area contributed by atoms with Crippen LogP contribution in [0.4, 0.5) is 27.7 Å². The van der Waals surface area contributed by atoms with E-state index < -0.39 is 22.6 Å². The SMILES string of the molecule is COc1cccc(CNc2c(Nc3ccc4c(c3)c(N)nn4C(=O)OC(C)(C)C)c(=O)c2=O)c1. The number of hydrogen-bond acceptors (Lipinski definition) is 9. The van der Waals surface area contributed by atoms with Gasteiger partial charge in [0.25, 0.3) is 10.9 Å². The lowest BCUT2D eigenvalue weighted by Gasteiger charge is -2.19. The Hall–Kier alpha value is -4.34. The maximum Gasteiger partial charge on any atom is 0.435 e. The molecule has 10 nitrogen and oxygen atoms in total. The molecule has 0 aliphatic heterocycles. The van der Waals surface area contributed by atoms with Crippen LogP contribution in [0.25, 0.3) is 10.9 Å². The molecular formula is C24H25N5O5. The Morgan fingerprint density at radius 3 is 2.53 bits per heavy atom. The third-order valence-electron chi connectivity index (χ3n) is 5.06. The Morgan fingerprint density at radius 1 is 1.09 bits per heavy atom. The molecule has 0 bridgehead atoms. The van der Waals surface area contributed by atoms with Crippen molar-refractivity contribution in [3.63, 3.8) is 0 Å². The molecule has 0 saturated heterocycles. The molecule has 4 rings (SSSR count). The summed E-state index contributed by atoms with van der Waals surface area (Å²) in [4.78, 5) is 36.8. The fraction of sp³-hybridized carbons (Fsp3) is 0.250. The summed E-state index contributed by atoms with van der Waals surface area (Å²) in [7, 11) is 1.58. The van der Waals surface area contributed by atoms with E-state index in [1.807, 2.05) is 24.3 Å². The minimum absolute atomic E-state index is 0.130. The molecule has 0 unspecified atom stereocenters. The highest BCUT2D eigenvalue weighted by molar-refractivity contribution is 5.97. The normalized spacial score (nSPS) is 11.5. The molecule has 0 aliphatic rings. The molecule has 34 heavy (non-hydrogen) atoms. The largest absolute Gasteiger partial charge is 0.497 e. The Balaban J connectivity index is 1.56. The molecule has 0 radical (unpaired) electrons. The molecule has 176 valence electrons. The standard InChI is InChI=1S/C24H25N5O5/c1-24(2,3)34-23(32)29-17-9-8-14(11-16(17)22(25)28-29)27-19-18(20(30)21(19)31)26-12-13-6-5-7-15(10-13)33-4/h5-11,26-27H,12H2,1-4H3,(H2,25,28). The summed E-state index contributed by atoms with van der Waals surface area (Å²) >= 11 is 0. The molecule has 1 heterocycles. The average molecular weight is 463 g/mol. The van der Waals surface area contributed by atoms with E-state index in [9.17, 15) is 14.4 Å². The minimum atomic E-state index is -0.691. The smallest absolute Gasteiger partial charge is 0.435 e. The quantitative estimate of drug-likeness (QED) is 0.367. The topological polar surface area (TPSA) is 138 Å². The van der Waals surface area contributed by atoms with Crippen LogP contribution < -0.4 is 32.0 Å². The van der Waals surface area contributed by atoms with E-state index in [1.165, 1.54) is 0 Å². The first-order valence-electron chi connectivity index (χ1n) is 10.6. The van der Waals surface area contributed by atoms with Crippen molar-refractivity contribution in [1.82, 2.24) is 9.78 Å². The first-order chi connectivity index (χ1) is 16.1. The number of ether oxygens (including phenoxy) is 2. The number of methoxy groups -OCH3 is 1. The highest BCUT2D eigenvalue weighted by atomic mass is 16.6. The maximum atomic E-state index is 12.5. The third-order valence-corrected chi connectivity index (χ3v) is 5.06. The van der Waals surface area contributed by atoms with Gasteiger partial charge in [0.1, 0.15) is 22.7 Å². The zero-order valence-corrected chi connectivity index (χ0v) is 19.3. The second-order valence-electron chi connectivity index (χ2n) is 8.75. The maximum absolute atomic E-state index is 12.5. The first-order valence-corrected chi connectivity index (χ1v) is 10.6. The van der Waals surface area contributed by atoms with Gasteiger partial charge in [0.15, 0.2) is 5.82 Å². The van der Waals surface area contributed by atoms with E-state index in [0.29, 0.717) is 28.9 Å². The van der Waals surface area contributed by atoms with Gasteiger partial charge in [-0.05, 0) is 56.7 Å². The van der Waals surface area contributed by atoms with Crippen LogP contribution in [0.5, 0.6) is 5.75 Å². The van der Waals surface area contributed by atoms with Crippen LogP contribution in [0.3, 0.4) is 0 Å². The first kappa shape index (κ1) is 22.8. The van der Waals surface area contributed by atoms with Crippen molar-refractivity contribution in [3.05, 3.63) is 68.5 Å². The van der Waals surface area contributed by atoms with Gasteiger partial charge in [0.05, 0.1) is 12.6 Å². The fourth-order valence-corrected chi connectivity index (χ4v) is 3.46. The molecule has 0 aliphatic carbocycles. The molecule has 0 amide bonds. The zero-order valence-electron chi connectivity index (χ0n) is 19.3. The lowest BCUT2D eigenvalue weighted by Crippen LogP contribution is -2.36. The van der Waals surface area contributed by atoms with Crippen LogP contribution in [0.1, 0.15) is 26.3 Å². The highest BCUT2D eigenvalue weighted by Gasteiger charge is 2.23. The van der Waals surface area contributed by atoms with Crippen LogP contribution in [0.15, 0.2) is 52.1 Å². The van der Waals surface area contributed by atoms with Crippen LogP contribution >= 0.6 is 0 Å². The second-order valence-corrected chi connectivity index (χ2v) is 8.75. The van der Waals surface area contributed by atoms with E-state index in [0.717, 1.165) is 10.2 Å². The summed E-state index contributed by atoms with van der Waals surface area (Å²) in [5.41, 5.74) is 6.33. The summed E-state index contributed by atoms with van der Waals surface area (Å²) < 4.78 is 11.7. The zero-order chi connectivity index (χ0) is 24.6. The van der Waals surface area contributed by atoms with E-state index in [1.54, 1.807) is 46.1 Å². The van der Waals surface area contributed by atoms with Gasteiger partial charge in [0.2, 0.25) is 0 Å².